The fraction of sp³-hybridized carbons (Fsp3) is 0.632. The summed E-state index contributed by atoms with van der Waals surface area (Å²) in [6.45, 7) is 7.08. The second-order valence-electron chi connectivity index (χ2n) is 6.68. The molecular formula is C19H29F3N2O6. The Morgan fingerprint density at radius 1 is 1.33 bits per heavy atom. The number of allylic oxidation sites excluding steroid dienone is 2. The predicted octanol–water partition coefficient (Wildman–Crippen LogP) is 2.11. The molecule has 4 N–H and O–H groups in total. The van der Waals surface area contributed by atoms with Crippen molar-refractivity contribution in [2.45, 2.75) is 63.5 Å². The zero-order chi connectivity index (χ0) is 23.5. The van der Waals surface area contributed by atoms with E-state index >= 15 is 0 Å². The number of alkyl halides is 3. The first-order valence-corrected chi connectivity index (χ1v) is 9.21. The van der Waals surface area contributed by atoms with Crippen molar-refractivity contribution in [1.29, 1.82) is 0 Å². The zero-order valence-electron chi connectivity index (χ0n) is 17.1. The van der Waals surface area contributed by atoms with Crippen molar-refractivity contribution in [2.75, 3.05) is 7.11 Å². The first kappa shape index (κ1) is 27.6. The van der Waals surface area contributed by atoms with Crippen molar-refractivity contribution in [3.8, 4) is 0 Å². The van der Waals surface area contributed by atoms with Crippen LogP contribution in [-0.4, -0.2) is 65.6 Å². The molecule has 0 spiro atoms. The molecule has 8 nitrogen and oxygen atoms in total. The summed E-state index contributed by atoms with van der Waals surface area (Å²) < 4.78 is 37.3. The Morgan fingerprint density at radius 2 is 1.90 bits per heavy atom. The van der Waals surface area contributed by atoms with E-state index in [4.69, 9.17) is 14.6 Å². The van der Waals surface area contributed by atoms with E-state index in [1.54, 1.807) is 7.11 Å². The highest BCUT2D eigenvalue weighted by Gasteiger charge is 2.43. The highest BCUT2D eigenvalue weighted by molar-refractivity contribution is 5.75. The quantitative estimate of drug-likeness (QED) is 0.406. The van der Waals surface area contributed by atoms with Gasteiger partial charge in [-0.05, 0) is 32.1 Å². The smallest absolute Gasteiger partial charge is 0.480 e. The van der Waals surface area contributed by atoms with Crippen molar-refractivity contribution in [3.63, 3.8) is 0 Å². The maximum Gasteiger partial charge on any atom is 0.490 e. The summed E-state index contributed by atoms with van der Waals surface area (Å²) in [4.78, 5) is 31.9. The van der Waals surface area contributed by atoms with E-state index in [0.717, 1.165) is 6.42 Å². The second-order valence-corrected chi connectivity index (χ2v) is 6.68. The molecule has 1 aliphatic heterocycles. The van der Waals surface area contributed by atoms with Crippen LogP contribution in [0.3, 0.4) is 0 Å². The van der Waals surface area contributed by atoms with Gasteiger partial charge in [0, 0.05) is 20.1 Å². The Hall–Kier alpha value is -2.40. The van der Waals surface area contributed by atoms with Crippen LogP contribution in [0.4, 0.5) is 13.2 Å². The van der Waals surface area contributed by atoms with Crippen LogP contribution in [-0.2, 0) is 19.1 Å². The molecule has 0 bridgehead atoms. The fourth-order valence-corrected chi connectivity index (χ4v) is 3.21. The summed E-state index contributed by atoms with van der Waals surface area (Å²) in [5.41, 5.74) is 0. The number of hydrogen-bond acceptors (Lipinski definition) is 5. The molecule has 11 heteroatoms. The van der Waals surface area contributed by atoms with E-state index in [9.17, 15) is 27.9 Å². The van der Waals surface area contributed by atoms with Gasteiger partial charge < -0.3 is 20.3 Å². The normalized spacial score (nSPS) is 23.2. The zero-order valence-corrected chi connectivity index (χ0v) is 17.1. The van der Waals surface area contributed by atoms with E-state index in [0.29, 0.717) is 12.8 Å². The maximum atomic E-state index is 11.6. The van der Waals surface area contributed by atoms with Crippen molar-refractivity contribution in [2.24, 2.45) is 5.92 Å². The summed E-state index contributed by atoms with van der Waals surface area (Å²) in [7, 11) is 1.61. The standard InChI is InChI=1S/C17H28N2O4.C2HF3O2/c1-5-7-9-14(23-4)16(18-11(3)20)15-12(8-6-2)10-13(19-15)17(21)22;3-2(4,5)1(6)7/h5-6,8,12-16,19H,1,7,9-10H2,2-4H3,(H,18,20)(H,21,22);(H,6,7)/b8-6-;/t12-,13-,14-,15-,16+;/m1./s1. The molecule has 0 aromatic rings. The highest BCUT2D eigenvalue weighted by Crippen LogP contribution is 2.27. The van der Waals surface area contributed by atoms with Crippen LogP contribution in [0.25, 0.3) is 0 Å². The van der Waals surface area contributed by atoms with Gasteiger partial charge in [0.25, 0.3) is 0 Å². The van der Waals surface area contributed by atoms with Gasteiger partial charge in [-0.1, -0.05) is 18.2 Å². The number of aliphatic carboxylic acids is 2. The summed E-state index contributed by atoms with van der Waals surface area (Å²) in [6, 6.07) is -1.11. The summed E-state index contributed by atoms with van der Waals surface area (Å²) >= 11 is 0. The van der Waals surface area contributed by atoms with Gasteiger partial charge in [-0.2, -0.15) is 13.2 Å². The third-order valence-electron chi connectivity index (χ3n) is 4.46. The Labute approximate surface area is 173 Å². The molecule has 1 aliphatic rings. The molecule has 1 rings (SSSR count). The number of nitrogens with one attached hydrogen (secondary N) is 2. The first-order chi connectivity index (χ1) is 13.9. The molecule has 0 aromatic carbocycles. The van der Waals surface area contributed by atoms with Gasteiger partial charge in [-0.3, -0.25) is 14.9 Å². The van der Waals surface area contributed by atoms with Crippen LogP contribution in [0, 0.1) is 5.92 Å². The second kappa shape index (κ2) is 13.0. The molecule has 30 heavy (non-hydrogen) atoms. The number of rotatable bonds is 9. The number of halogens is 3. The van der Waals surface area contributed by atoms with Crippen molar-refractivity contribution in [1.82, 2.24) is 10.6 Å². The first-order valence-electron chi connectivity index (χ1n) is 9.21. The Kier molecular flexibility index (Phi) is 12.0. The van der Waals surface area contributed by atoms with Gasteiger partial charge in [0.05, 0.1) is 12.1 Å². The number of hydrogen-bond donors (Lipinski definition) is 4. The summed E-state index contributed by atoms with van der Waals surface area (Å²) in [5, 5.41) is 22.5. The van der Waals surface area contributed by atoms with Crippen LogP contribution in [0.2, 0.25) is 0 Å². The number of carboxylic acids is 2. The Balaban J connectivity index is 0.00000103. The monoisotopic (exact) mass is 438 g/mol. The number of amides is 1. The molecule has 1 saturated heterocycles. The number of carboxylic acid groups (broad SMARTS) is 2. The molecule has 0 aromatic heterocycles. The molecule has 1 fully saturated rings. The molecule has 5 atom stereocenters. The molecule has 1 heterocycles. The minimum absolute atomic E-state index is 0.0272. The molecular weight excluding hydrogens is 409 g/mol. The maximum absolute atomic E-state index is 11.6. The molecule has 1 amide bonds. The topological polar surface area (TPSA) is 125 Å². The highest BCUT2D eigenvalue weighted by atomic mass is 19.4. The van der Waals surface area contributed by atoms with E-state index in [2.05, 4.69) is 17.2 Å². The number of carbonyl (C=O) groups excluding carboxylic acids is 1. The molecule has 0 radical (unpaired) electrons. The van der Waals surface area contributed by atoms with Crippen molar-refractivity contribution in [3.05, 3.63) is 24.8 Å². The van der Waals surface area contributed by atoms with Crippen LogP contribution in [0.15, 0.2) is 24.8 Å². The Morgan fingerprint density at radius 3 is 2.27 bits per heavy atom. The average Bonchev–Trinajstić information content (AvgIpc) is 3.05. The Bertz CT molecular complexity index is 624. The molecule has 172 valence electrons. The lowest BCUT2D eigenvalue weighted by molar-refractivity contribution is -0.192. The van der Waals surface area contributed by atoms with Crippen LogP contribution >= 0.6 is 0 Å². The third-order valence-corrected chi connectivity index (χ3v) is 4.46. The SMILES string of the molecule is C=CCC[C@@H](OC)[C@H](NC(C)=O)[C@@H]1N[C@@H](C(=O)O)C[C@H]1/C=C\C.O=C(O)C(F)(F)F. The van der Waals surface area contributed by atoms with Gasteiger partial charge >= 0.3 is 18.1 Å². The number of carbonyl (C=O) groups is 3. The largest absolute Gasteiger partial charge is 0.490 e. The summed E-state index contributed by atoms with van der Waals surface area (Å²) in [6.07, 6.45) is 2.40. The number of ether oxygens (including phenoxy) is 1. The third kappa shape index (κ3) is 9.40. The van der Waals surface area contributed by atoms with Crippen molar-refractivity contribution >= 4 is 17.8 Å². The molecule has 0 aliphatic carbocycles. The fourth-order valence-electron chi connectivity index (χ4n) is 3.21. The minimum atomic E-state index is -5.08. The van der Waals surface area contributed by atoms with Crippen LogP contribution in [0.1, 0.15) is 33.1 Å². The van der Waals surface area contributed by atoms with E-state index in [1.807, 2.05) is 25.2 Å². The lowest BCUT2D eigenvalue weighted by atomic mass is 9.88. The van der Waals surface area contributed by atoms with E-state index in [-0.39, 0.29) is 30.0 Å². The lowest BCUT2D eigenvalue weighted by Crippen LogP contribution is -2.57. The lowest BCUT2D eigenvalue weighted by Gasteiger charge is -2.34. The van der Waals surface area contributed by atoms with Crippen LogP contribution < -0.4 is 10.6 Å². The van der Waals surface area contributed by atoms with Gasteiger partial charge in [-0.15, -0.1) is 6.58 Å². The van der Waals surface area contributed by atoms with E-state index < -0.39 is 24.2 Å². The van der Waals surface area contributed by atoms with Gasteiger partial charge in [0.2, 0.25) is 5.91 Å². The van der Waals surface area contributed by atoms with E-state index in [1.165, 1.54) is 6.92 Å². The predicted molar refractivity (Wildman–Crippen MR) is 103 cm³/mol. The summed E-state index contributed by atoms with van der Waals surface area (Å²) in [5.74, 6) is -3.76. The van der Waals surface area contributed by atoms with Gasteiger partial charge in [0.1, 0.15) is 6.04 Å². The van der Waals surface area contributed by atoms with Gasteiger partial charge in [-0.25, -0.2) is 4.79 Å². The molecule has 0 unspecified atom stereocenters. The molecule has 0 saturated carbocycles. The van der Waals surface area contributed by atoms with Crippen molar-refractivity contribution < 1.29 is 42.5 Å². The van der Waals surface area contributed by atoms with Crippen LogP contribution in [0.5, 0.6) is 0 Å². The van der Waals surface area contributed by atoms with Gasteiger partial charge in [0.15, 0.2) is 0 Å². The minimum Gasteiger partial charge on any atom is -0.480 e. The average molecular weight is 438 g/mol. The number of methoxy groups -OCH3 is 1.